The molecule has 0 saturated heterocycles. The molecule has 4 nitrogen and oxygen atoms in total. The number of carbonyl (C=O) groups is 1. The van der Waals surface area contributed by atoms with Crippen molar-refractivity contribution in [2.24, 2.45) is 5.10 Å². The number of hydrogen-bond donors (Lipinski definition) is 1. The highest BCUT2D eigenvalue weighted by molar-refractivity contribution is 9.10. The lowest BCUT2D eigenvalue weighted by molar-refractivity contribution is -0.0000134. The Morgan fingerprint density at radius 1 is 1.25 bits per heavy atom. The third-order valence-corrected chi connectivity index (χ3v) is 5.64. The van der Waals surface area contributed by atoms with Gasteiger partial charge in [0.2, 0.25) is 4.80 Å². The van der Waals surface area contributed by atoms with Crippen molar-refractivity contribution in [1.82, 2.24) is 9.99 Å². The maximum atomic E-state index is 12.3. The van der Waals surface area contributed by atoms with Gasteiger partial charge in [-0.15, -0.1) is 11.7 Å². The molecule has 0 spiro atoms. The zero-order valence-corrected chi connectivity index (χ0v) is 19.7. The zero-order valence-electron chi connectivity index (χ0n) is 15.0. The molecule has 0 unspecified atom stereocenters. The summed E-state index contributed by atoms with van der Waals surface area (Å²) in [7, 11) is 0. The van der Waals surface area contributed by atoms with Crippen LogP contribution in [0, 0.1) is 6.92 Å². The molecule has 2 aromatic carbocycles. The van der Waals surface area contributed by atoms with Gasteiger partial charge >= 0.3 is 0 Å². The third kappa shape index (κ3) is 5.23. The SMILES string of the molecule is C=CCn1c(-c2ccc(Cl)cc2)c(C)s/c1=N\NC(=O)c1ccc(Br)cc1.[Br-]. The molecule has 1 aromatic heterocycles. The Hall–Kier alpha value is -1.67. The van der Waals surface area contributed by atoms with E-state index < -0.39 is 0 Å². The first kappa shape index (κ1) is 22.6. The van der Waals surface area contributed by atoms with Crippen molar-refractivity contribution in [3.63, 3.8) is 0 Å². The number of benzene rings is 2. The number of amides is 1. The Morgan fingerprint density at radius 3 is 2.50 bits per heavy atom. The molecule has 146 valence electrons. The topological polar surface area (TPSA) is 46.4 Å². The minimum absolute atomic E-state index is 0. The van der Waals surface area contributed by atoms with Crippen LogP contribution in [-0.4, -0.2) is 10.5 Å². The van der Waals surface area contributed by atoms with Crippen LogP contribution in [0.4, 0.5) is 0 Å². The quantitative estimate of drug-likeness (QED) is 0.391. The molecule has 1 heterocycles. The van der Waals surface area contributed by atoms with E-state index in [4.69, 9.17) is 11.6 Å². The molecule has 0 bridgehead atoms. The first-order valence-corrected chi connectivity index (χ1v) is 10.1. The molecule has 0 saturated carbocycles. The van der Waals surface area contributed by atoms with Crippen LogP contribution in [0.25, 0.3) is 11.3 Å². The molecule has 0 radical (unpaired) electrons. The van der Waals surface area contributed by atoms with E-state index in [1.165, 1.54) is 11.3 Å². The minimum atomic E-state index is -0.258. The summed E-state index contributed by atoms with van der Waals surface area (Å²) in [5.74, 6) is -0.258. The summed E-state index contributed by atoms with van der Waals surface area (Å²) in [6, 6.07) is 14.8. The summed E-state index contributed by atoms with van der Waals surface area (Å²) in [5, 5.41) is 5.03. The number of halogens is 3. The predicted molar refractivity (Wildman–Crippen MR) is 115 cm³/mol. The number of carbonyl (C=O) groups excluding carboxylic acids is 1. The standard InChI is InChI=1S/C20H17BrClN3OS.BrH/c1-3-12-25-18(14-6-10-17(22)11-7-14)13(2)27-20(25)24-23-19(26)15-4-8-16(21)9-5-15;/h3-11H,1,12H2,2H3,(H,23,26);1H/p-1/b24-20-;. The largest absolute Gasteiger partial charge is 1.00 e. The Labute approximate surface area is 191 Å². The molecule has 0 fully saturated rings. The van der Waals surface area contributed by atoms with E-state index in [1.54, 1.807) is 18.2 Å². The van der Waals surface area contributed by atoms with Crippen molar-refractivity contribution in [1.29, 1.82) is 0 Å². The van der Waals surface area contributed by atoms with E-state index in [2.05, 4.69) is 33.0 Å². The average Bonchev–Trinajstić information content (AvgIpc) is 2.97. The molecule has 3 rings (SSSR count). The van der Waals surface area contributed by atoms with Gasteiger partial charge in [-0.05, 0) is 48.9 Å². The van der Waals surface area contributed by atoms with Crippen molar-refractivity contribution in [2.45, 2.75) is 13.5 Å². The van der Waals surface area contributed by atoms with Gasteiger partial charge < -0.3 is 21.5 Å². The van der Waals surface area contributed by atoms with Crippen LogP contribution in [0.15, 0.2) is 70.8 Å². The lowest BCUT2D eigenvalue weighted by atomic mass is 10.1. The van der Waals surface area contributed by atoms with E-state index in [0.29, 0.717) is 21.9 Å². The molecule has 1 N–H and O–H groups in total. The van der Waals surface area contributed by atoms with Crippen LogP contribution in [0.1, 0.15) is 15.2 Å². The van der Waals surface area contributed by atoms with E-state index in [9.17, 15) is 4.79 Å². The van der Waals surface area contributed by atoms with E-state index in [0.717, 1.165) is 20.6 Å². The van der Waals surface area contributed by atoms with E-state index in [1.807, 2.05) is 47.9 Å². The third-order valence-electron chi connectivity index (χ3n) is 3.87. The monoisotopic (exact) mass is 540 g/mol. The molecule has 0 atom stereocenters. The van der Waals surface area contributed by atoms with Crippen LogP contribution in [0.5, 0.6) is 0 Å². The number of aromatic nitrogens is 1. The summed E-state index contributed by atoms with van der Waals surface area (Å²) in [4.78, 5) is 14.1. The minimum Gasteiger partial charge on any atom is -1.00 e. The number of aryl methyl sites for hydroxylation is 1. The smallest absolute Gasteiger partial charge is 0.271 e. The van der Waals surface area contributed by atoms with Crippen LogP contribution in [0.3, 0.4) is 0 Å². The number of thiazole rings is 1. The number of nitrogens with one attached hydrogen (secondary N) is 1. The first-order valence-electron chi connectivity index (χ1n) is 8.16. The lowest BCUT2D eigenvalue weighted by Crippen LogP contribution is -3.00. The second kappa shape index (κ2) is 10.2. The molecule has 3 aromatic rings. The second-order valence-corrected chi connectivity index (χ2v) is 8.29. The number of nitrogens with zero attached hydrogens (tertiary/aromatic N) is 2. The van der Waals surface area contributed by atoms with Crippen molar-refractivity contribution < 1.29 is 21.8 Å². The molecule has 28 heavy (non-hydrogen) atoms. The van der Waals surface area contributed by atoms with E-state index in [-0.39, 0.29) is 22.9 Å². The van der Waals surface area contributed by atoms with Gasteiger partial charge in [0.15, 0.2) is 0 Å². The first-order chi connectivity index (χ1) is 13.0. The highest BCUT2D eigenvalue weighted by Crippen LogP contribution is 2.26. The lowest BCUT2D eigenvalue weighted by Gasteiger charge is -2.08. The van der Waals surface area contributed by atoms with Gasteiger partial charge in [0.1, 0.15) is 0 Å². The second-order valence-electron chi connectivity index (χ2n) is 5.76. The van der Waals surface area contributed by atoms with Gasteiger partial charge in [0, 0.05) is 26.5 Å². The summed E-state index contributed by atoms with van der Waals surface area (Å²) < 4.78 is 2.94. The van der Waals surface area contributed by atoms with Crippen molar-refractivity contribution >= 4 is 44.8 Å². The van der Waals surface area contributed by atoms with Gasteiger partial charge in [-0.3, -0.25) is 4.79 Å². The van der Waals surface area contributed by atoms with Crippen LogP contribution >= 0.6 is 38.9 Å². The zero-order chi connectivity index (χ0) is 19.4. The van der Waals surface area contributed by atoms with Crippen molar-refractivity contribution in [2.75, 3.05) is 0 Å². The Balaban J connectivity index is 0.00000280. The normalized spacial score (nSPS) is 11.0. The van der Waals surface area contributed by atoms with Crippen LogP contribution in [-0.2, 0) is 6.54 Å². The van der Waals surface area contributed by atoms with Gasteiger partial charge in [0.05, 0.1) is 5.69 Å². The molecule has 1 amide bonds. The Kier molecular flexibility index (Phi) is 8.24. The predicted octanol–water partition coefficient (Wildman–Crippen LogP) is 2.38. The summed E-state index contributed by atoms with van der Waals surface area (Å²) >= 11 is 10.9. The van der Waals surface area contributed by atoms with Crippen LogP contribution in [0.2, 0.25) is 5.02 Å². The van der Waals surface area contributed by atoms with E-state index >= 15 is 0 Å². The van der Waals surface area contributed by atoms with Gasteiger partial charge in [-0.25, -0.2) is 5.43 Å². The number of rotatable bonds is 5. The van der Waals surface area contributed by atoms with Gasteiger partial charge in [-0.1, -0.05) is 57.1 Å². The maximum absolute atomic E-state index is 12.3. The fourth-order valence-corrected chi connectivity index (χ4v) is 4.00. The fourth-order valence-electron chi connectivity index (χ4n) is 2.64. The Morgan fingerprint density at radius 2 is 1.89 bits per heavy atom. The molecular formula is C20H17Br2ClN3OS-. The maximum Gasteiger partial charge on any atom is 0.271 e. The molecular weight excluding hydrogens is 526 g/mol. The van der Waals surface area contributed by atoms with Gasteiger partial charge in [-0.2, -0.15) is 0 Å². The number of allylic oxidation sites excluding steroid dienone is 1. The summed E-state index contributed by atoms with van der Waals surface area (Å²) in [6.45, 7) is 6.45. The number of hydrogen-bond acceptors (Lipinski definition) is 3. The van der Waals surface area contributed by atoms with Crippen molar-refractivity contribution in [3.8, 4) is 11.3 Å². The molecule has 0 aliphatic rings. The van der Waals surface area contributed by atoms with Crippen LogP contribution < -0.4 is 27.2 Å². The molecule has 8 heteroatoms. The fraction of sp³-hybridized carbons (Fsp3) is 0.100. The summed E-state index contributed by atoms with van der Waals surface area (Å²) in [5.41, 5.74) is 5.26. The van der Waals surface area contributed by atoms with Gasteiger partial charge in [0.25, 0.3) is 5.91 Å². The molecule has 0 aliphatic heterocycles. The van der Waals surface area contributed by atoms with Crippen molar-refractivity contribution in [3.05, 3.63) is 85.9 Å². The highest BCUT2D eigenvalue weighted by atomic mass is 79.9. The average molecular weight is 543 g/mol. The Bertz CT molecular complexity index is 1040. The highest BCUT2D eigenvalue weighted by Gasteiger charge is 2.12. The summed E-state index contributed by atoms with van der Waals surface area (Å²) in [6.07, 6.45) is 1.81. The molecule has 0 aliphatic carbocycles.